The van der Waals surface area contributed by atoms with E-state index < -0.39 is 29.1 Å². The van der Waals surface area contributed by atoms with Crippen LogP contribution in [-0.4, -0.2) is 70.5 Å². The molecule has 0 bridgehead atoms. The number of esters is 1. The monoisotopic (exact) mass is 476 g/mol. The minimum Gasteiger partial charge on any atom is -0.493 e. The Hall–Kier alpha value is -3.11. The van der Waals surface area contributed by atoms with Crippen molar-refractivity contribution in [2.75, 3.05) is 41.0 Å². The van der Waals surface area contributed by atoms with Crippen molar-refractivity contribution in [1.82, 2.24) is 9.21 Å². The van der Waals surface area contributed by atoms with E-state index >= 15 is 0 Å². The number of sulfonamides is 1. The molecular formula is C23H28N2O7S. The fourth-order valence-corrected chi connectivity index (χ4v) is 4.65. The van der Waals surface area contributed by atoms with Gasteiger partial charge in [0.1, 0.15) is 6.54 Å². The van der Waals surface area contributed by atoms with Crippen LogP contribution in [0.3, 0.4) is 0 Å². The molecule has 0 radical (unpaired) electrons. The lowest BCUT2D eigenvalue weighted by Gasteiger charge is -2.29. The maximum atomic E-state index is 12.6. The van der Waals surface area contributed by atoms with Crippen LogP contribution in [0.2, 0.25) is 0 Å². The van der Waals surface area contributed by atoms with Crippen LogP contribution in [0, 0.1) is 6.92 Å². The molecule has 178 valence electrons. The quantitative estimate of drug-likeness (QED) is 0.535. The normalized spacial score (nSPS) is 13.4. The van der Waals surface area contributed by atoms with Crippen LogP contribution >= 0.6 is 0 Å². The lowest BCUT2D eigenvalue weighted by molar-refractivity contribution is -0.152. The number of ether oxygens (including phenoxy) is 3. The zero-order valence-corrected chi connectivity index (χ0v) is 20.0. The van der Waals surface area contributed by atoms with Gasteiger partial charge in [-0.2, -0.15) is 4.31 Å². The Morgan fingerprint density at radius 2 is 1.64 bits per heavy atom. The molecule has 9 nitrogen and oxygen atoms in total. The van der Waals surface area contributed by atoms with Crippen LogP contribution < -0.4 is 9.47 Å². The van der Waals surface area contributed by atoms with Gasteiger partial charge in [-0.15, -0.1) is 0 Å². The second-order valence-corrected chi connectivity index (χ2v) is 9.82. The maximum Gasteiger partial charge on any atom is 0.321 e. The molecule has 0 aliphatic carbocycles. The molecule has 0 fully saturated rings. The average molecular weight is 477 g/mol. The van der Waals surface area contributed by atoms with Gasteiger partial charge >= 0.3 is 5.97 Å². The van der Waals surface area contributed by atoms with Crippen LogP contribution in [0.1, 0.15) is 16.7 Å². The summed E-state index contributed by atoms with van der Waals surface area (Å²) in [5.41, 5.74) is 2.92. The topological polar surface area (TPSA) is 102 Å². The van der Waals surface area contributed by atoms with E-state index in [1.54, 1.807) is 31.3 Å². The number of methoxy groups -OCH3 is 2. The first-order valence-electron chi connectivity index (χ1n) is 10.4. The van der Waals surface area contributed by atoms with E-state index in [1.165, 1.54) is 19.2 Å². The van der Waals surface area contributed by atoms with Gasteiger partial charge in [0.05, 0.1) is 19.1 Å². The number of likely N-dealkylation sites (N-methyl/N-ethyl adjacent to an activating group) is 1. The summed E-state index contributed by atoms with van der Waals surface area (Å²) in [4.78, 5) is 26.5. The second-order valence-electron chi connectivity index (χ2n) is 7.78. The lowest BCUT2D eigenvalue weighted by Crippen LogP contribution is -2.39. The molecule has 3 rings (SSSR count). The Morgan fingerprint density at radius 1 is 1.03 bits per heavy atom. The van der Waals surface area contributed by atoms with E-state index in [0.717, 1.165) is 21.0 Å². The molecule has 0 saturated carbocycles. The van der Waals surface area contributed by atoms with E-state index in [1.807, 2.05) is 19.1 Å². The van der Waals surface area contributed by atoms with Gasteiger partial charge in [0.2, 0.25) is 10.0 Å². The standard InChI is InChI=1S/C23H28N2O7S/c1-16-5-7-19(8-6-16)33(28,29)24(2)14-23(27)32-15-22(26)25-10-9-17-11-20(30-3)21(31-4)12-18(17)13-25/h5-8,11-12H,9-10,13-15H2,1-4H3. The van der Waals surface area contributed by atoms with Gasteiger partial charge in [0.25, 0.3) is 5.91 Å². The van der Waals surface area contributed by atoms with Gasteiger partial charge in [-0.1, -0.05) is 17.7 Å². The number of amides is 1. The minimum atomic E-state index is -3.84. The van der Waals surface area contributed by atoms with E-state index in [-0.39, 0.29) is 10.8 Å². The molecular weight excluding hydrogens is 448 g/mol. The zero-order valence-electron chi connectivity index (χ0n) is 19.2. The molecule has 2 aromatic carbocycles. The number of nitrogens with zero attached hydrogens (tertiary/aromatic N) is 2. The summed E-state index contributed by atoms with van der Waals surface area (Å²) in [6, 6.07) is 10.1. The first kappa shape index (κ1) is 24.5. The van der Waals surface area contributed by atoms with E-state index in [9.17, 15) is 18.0 Å². The molecule has 1 aliphatic rings. The Kier molecular flexibility index (Phi) is 7.60. The highest BCUT2D eigenvalue weighted by Gasteiger charge is 2.26. The van der Waals surface area contributed by atoms with Crippen molar-refractivity contribution in [2.45, 2.75) is 24.8 Å². The minimum absolute atomic E-state index is 0.0820. The number of carbonyl (C=O) groups is 2. The second kappa shape index (κ2) is 10.2. The van der Waals surface area contributed by atoms with Crippen LogP contribution in [-0.2, 0) is 37.3 Å². The molecule has 0 N–H and O–H groups in total. The molecule has 33 heavy (non-hydrogen) atoms. The van der Waals surface area contributed by atoms with Crippen molar-refractivity contribution in [3.8, 4) is 11.5 Å². The van der Waals surface area contributed by atoms with Crippen LogP contribution in [0.15, 0.2) is 41.3 Å². The molecule has 1 heterocycles. The van der Waals surface area contributed by atoms with Gasteiger partial charge in [0.15, 0.2) is 18.1 Å². The van der Waals surface area contributed by atoms with Gasteiger partial charge in [-0.05, 0) is 48.7 Å². The van der Waals surface area contributed by atoms with Crippen molar-refractivity contribution < 1.29 is 32.2 Å². The van der Waals surface area contributed by atoms with Gasteiger partial charge in [0, 0.05) is 20.1 Å². The summed E-state index contributed by atoms with van der Waals surface area (Å²) < 4.78 is 41.8. The van der Waals surface area contributed by atoms with Crippen LogP contribution in [0.4, 0.5) is 0 Å². The Labute approximate surface area is 193 Å². The first-order chi connectivity index (χ1) is 15.6. The number of benzene rings is 2. The highest BCUT2D eigenvalue weighted by molar-refractivity contribution is 7.89. The van der Waals surface area contributed by atoms with Crippen molar-refractivity contribution in [3.63, 3.8) is 0 Å². The summed E-state index contributed by atoms with van der Waals surface area (Å²) in [7, 11) is 0.570. The van der Waals surface area contributed by atoms with Gasteiger partial charge < -0.3 is 19.1 Å². The summed E-state index contributed by atoms with van der Waals surface area (Å²) in [6.07, 6.45) is 0.632. The third-order valence-electron chi connectivity index (χ3n) is 5.51. The SMILES string of the molecule is COc1cc2c(cc1OC)CN(C(=O)COC(=O)CN(C)S(=O)(=O)c1ccc(C)cc1)CC2. The van der Waals surface area contributed by atoms with Crippen LogP contribution in [0.5, 0.6) is 11.5 Å². The Morgan fingerprint density at radius 3 is 2.24 bits per heavy atom. The lowest BCUT2D eigenvalue weighted by atomic mass is 9.99. The molecule has 10 heteroatoms. The summed E-state index contributed by atoms with van der Waals surface area (Å²) in [5, 5.41) is 0. The third-order valence-corrected chi connectivity index (χ3v) is 7.33. The molecule has 0 atom stereocenters. The van der Waals surface area contributed by atoms with E-state index in [2.05, 4.69) is 0 Å². The maximum absolute atomic E-state index is 12.6. The average Bonchev–Trinajstić information content (AvgIpc) is 2.81. The van der Waals surface area contributed by atoms with Crippen molar-refractivity contribution in [2.24, 2.45) is 0 Å². The number of carbonyl (C=O) groups excluding carboxylic acids is 2. The van der Waals surface area contributed by atoms with Gasteiger partial charge in [-0.3, -0.25) is 9.59 Å². The summed E-state index contributed by atoms with van der Waals surface area (Å²) >= 11 is 0. The Bertz CT molecular complexity index is 1130. The molecule has 1 amide bonds. The Balaban J connectivity index is 1.55. The van der Waals surface area contributed by atoms with E-state index in [0.29, 0.717) is 31.0 Å². The fourth-order valence-electron chi connectivity index (χ4n) is 3.53. The number of aryl methyl sites for hydroxylation is 1. The highest BCUT2D eigenvalue weighted by Crippen LogP contribution is 2.33. The number of hydrogen-bond donors (Lipinski definition) is 0. The van der Waals surface area contributed by atoms with E-state index in [4.69, 9.17) is 14.2 Å². The third kappa shape index (κ3) is 5.63. The van der Waals surface area contributed by atoms with Crippen molar-refractivity contribution in [1.29, 1.82) is 0 Å². The fraction of sp³-hybridized carbons (Fsp3) is 0.391. The van der Waals surface area contributed by atoms with Crippen LogP contribution in [0.25, 0.3) is 0 Å². The zero-order chi connectivity index (χ0) is 24.2. The first-order valence-corrected chi connectivity index (χ1v) is 11.8. The summed E-state index contributed by atoms with van der Waals surface area (Å²) in [6.45, 7) is 1.72. The van der Waals surface area contributed by atoms with Gasteiger partial charge in [-0.25, -0.2) is 8.42 Å². The van der Waals surface area contributed by atoms with Crippen molar-refractivity contribution >= 4 is 21.9 Å². The molecule has 2 aromatic rings. The summed E-state index contributed by atoms with van der Waals surface area (Å²) in [5.74, 6) is 0.0580. The molecule has 1 aliphatic heterocycles. The predicted octanol–water partition coefficient (Wildman–Crippen LogP) is 1.76. The highest BCUT2D eigenvalue weighted by atomic mass is 32.2. The largest absolute Gasteiger partial charge is 0.493 e. The molecule has 0 saturated heterocycles. The molecule has 0 unspecified atom stereocenters. The smallest absolute Gasteiger partial charge is 0.321 e. The number of rotatable bonds is 8. The predicted molar refractivity (Wildman–Crippen MR) is 121 cm³/mol. The molecule has 0 spiro atoms. The number of hydrogen-bond acceptors (Lipinski definition) is 7. The molecule has 0 aromatic heterocycles. The van der Waals surface area contributed by atoms with Crippen molar-refractivity contribution in [3.05, 3.63) is 53.1 Å². The number of fused-ring (bicyclic) bond motifs is 1.